The van der Waals surface area contributed by atoms with Crippen LogP contribution in [0.3, 0.4) is 0 Å². The van der Waals surface area contributed by atoms with Gasteiger partial charge in [-0.2, -0.15) is 0 Å². The summed E-state index contributed by atoms with van der Waals surface area (Å²) in [5.41, 5.74) is 6.87. The zero-order valence-corrected chi connectivity index (χ0v) is 13.5. The molecule has 0 unspecified atom stereocenters. The van der Waals surface area contributed by atoms with Crippen molar-refractivity contribution in [3.05, 3.63) is 35.4 Å². The van der Waals surface area contributed by atoms with Gasteiger partial charge in [0.1, 0.15) is 0 Å². The molecule has 0 bridgehead atoms. The van der Waals surface area contributed by atoms with Crippen LogP contribution in [0.4, 0.5) is 5.13 Å². The molecular formula is C14H16N4O2S2. The van der Waals surface area contributed by atoms with E-state index in [2.05, 4.69) is 15.1 Å². The number of rotatable bonds is 5. The smallest absolute Gasteiger partial charge is 0.248 e. The molecule has 3 rings (SSSR count). The van der Waals surface area contributed by atoms with Gasteiger partial charge in [0, 0.05) is 24.4 Å². The number of nitrogens with two attached hydrogens (primary N) is 1. The Balaban J connectivity index is 1.61. The Kier molecular flexibility index (Phi) is 4.91. The van der Waals surface area contributed by atoms with Crippen molar-refractivity contribution in [2.24, 2.45) is 5.73 Å². The fourth-order valence-corrected chi connectivity index (χ4v) is 3.94. The van der Waals surface area contributed by atoms with E-state index >= 15 is 0 Å². The van der Waals surface area contributed by atoms with Crippen molar-refractivity contribution < 1.29 is 9.53 Å². The third-order valence-electron chi connectivity index (χ3n) is 3.25. The molecule has 2 aromatic rings. The van der Waals surface area contributed by atoms with E-state index in [9.17, 15) is 4.79 Å². The minimum Gasteiger partial charge on any atom is -0.378 e. The molecule has 0 aliphatic carbocycles. The lowest BCUT2D eigenvalue weighted by Gasteiger charge is -2.25. The van der Waals surface area contributed by atoms with Crippen LogP contribution in [0, 0.1) is 0 Å². The number of hydrogen-bond acceptors (Lipinski definition) is 7. The molecule has 0 radical (unpaired) electrons. The summed E-state index contributed by atoms with van der Waals surface area (Å²) in [4.78, 5) is 13.4. The number of ether oxygens (including phenoxy) is 1. The van der Waals surface area contributed by atoms with E-state index in [-0.39, 0.29) is 0 Å². The number of primary amides is 1. The summed E-state index contributed by atoms with van der Waals surface area (Å²) in [5.74, 6) is 0.330. The Morgan fingerprint density at radius 1 is 1.36 bits per heavy atom. The average Bonchev–Trinajstić information content (AvgIpc) is 3.03. The summed E-state index contributed by atoms with van der Waals surface area (Å²) in [6.45, 7) is 3.20. The first-order chi connectivity index (χ1) is 10.7. The summed E-state index contributed by atoms with van der Waals surface area (Å²) >= 11 is 3.20. The quantitative estimate of drug-likeness (QED) is 0.838. The molecule has 0 spiro atoms. The van der Waals surface area contributed by atoms with Gasteiger partial charge in [0.2, 0.25) is 11.0 Å². The highest BCUT2D eigenvalue weighted by atomic mass is 32.2. The molecule has 1 aliphatic heterocycles. The SMILES string of the molecule is NC(=O)c1cccc(CSc2nnc(N3CCOCC3)s2)c1. The van der Waals surface area contributed by atoms with Crippen molar-refractivity contribution in [2.45, 2.75) is 10.1 Å². The highest BCUT2D eigenvalue weighted by Gasteiger charge is 2.16. The highest BCUT2D eigenvalue weighted by molar-refractivity contribution is 8.00. The maximum atomic E-state index is 11.2. The molecule has 1 fully saturated rings. The summed E-state index contributed by atoms with van der Waals surface area (Å²) in [7, 11) is 0. The second kappa shape index (κ2) is 7.08. The van der Waals surface area contributed by atoms with Gasteiger partial charge in [0.15, 0.2) is 4.34 Å². The van der Waals surface area contributed by atoms with Gasteiger partial charge in [0.25, 0.3) is 0 Å². The summed E-state index contributed by atoms with van der Waals surface area (Å²) < 4.78 is 6.26. The third-order valence-corrected chi connectivity index (χ3v) is 5.44. The molecule has 116 valence electrons. The normalized spacial score (nSPS) is 15.0. The van der Waals surface area contributed by atoms with E-state index in [1.807, 2.05) is 18.2 Å². The predicted octanol–water partition coefficient (Wildman–Crippen LogP) is 1.77. The van der Waals surface area contributed by atoms with Crippen LogP contribution in [0.5, 0.6) is 0 Å². The monoisotopic (exact) mass is 336 g/mol. The van der Waals surface area contributed by atoms with Gasteiger partial charge in [-0.05, 0) is 17.7 Å². The Labute approximate surface area is 136 Å². The number of hydrogen-bond donors (Lipinski definition) is 1. The van der Waals surface area contributed by atoms with Crippen molar-refractivity contribution >= 4 is 34.1 Å². The van der Waals surface area contributed by atoms with Gasteiger partial charge < -0.3 is 15.4 Å². The van der Waals surface area contributed by atoms with Crippen LogP contribution in [0.1, 0.15) is 15.9 Å². The van der Waals surface area contributed by atoms with Gasteiger partial charge in [-0.15, -0.1) is 10.2 Å². The summed E-state index contributed by atoms with van der Waals surface area (Å²) in [6.07, 6.45) is 0. The van der Waals surface area contributed by atoms with Crippen molar-refractivity contribution in [1.29, 1.82) is 0 Å². The maximum absolute atomic E-state index is 11.2. The molecule has 0 atom stereocenters. The van der Waals surface area contributed by atoms with Crippen molar-refractivity contribution in [3.8, 4) is 0 Å². The molecule has 1 saturated heterocycles. The van der Waals surface area contributed by atoms with Gasteiger partial charge in [-0.3, -0.25) is 4.79 Å². The van der Waals surface area contributed by atoms with E-state index < -0.39 is 5.91 Å². The topological polar surface area (TPSA) is 81.3 Å². The molecule has 2 heterocycles. The van der Waals surface area contributed by atoms with Crippen LogP contribution in [0.25, 0.3) is 0 Å². The molecule has 8 heteroatoms. The standard InChI is InChI=1S/C14H16N4O2S2/c15-12(19)11-3-1-2-10(8-11)9-21-14-17-16-13(22-14)18-4-6-20-7-5-18/h1-3,8H,4-7,9H2,(H2,15,19). The first kappa shape index (κ1) is 15.3. The van der Waals surface area contributed by atoms with Crippen LogP contribution in [0.15, 0.2) is 28.6 Å². The van der Waals surface area contributed by atoms with Crippen molar-refractivity contribution in [1.82, 2.24) is 10.2 Å². The van der Waals surface area contributed by atoms with Gasteiger partial charge in [-0.1, -0.05) is 35.2 Å². The Bertz CT molecular complexity index is 656. The first-order valence-corrected chi connectivity index (χ1v) is 8.70. The number of amides is 1. The van der Waals surface area contributed by atoms with Crippen LogP contribution < -0.4 is 10.6 Å². The average molecular weight is 336 g/mol. The number of carbonyl (C=O) groups excluding carboxylic acids is 1. The van der Waals surface area contributed by atoms with Crippen molar-refractivity contribution in [2.75, 3.05) is 31.2 Å². The minimum atomic E-state index is -0.405. The Morgan fingerprint density at radius 2 is 2.18 bits per heavy atom. The predicted molar refractivity (Wildman–Crippen MR) is 87.5 cm³/mol. The zero-order chi connectivity index (χ0) is 15.4. The second-order valence-corrected chi connectivity index (χ2v) is 6.98. The molecule has 6 nitrogen and oxygen atoms in total. The van der Waals surface area contributed by atoms with Crippen LogP contribution in [0.2, 0.25) is 0 Å². The zero-order valence-electron chi connectivity index (χ0n) is 11.9. The first-order valence-electron chi connectivity index (χ1n) is 6.90. The van der Waals surface area contributed by atoms with Crippen LogP contribution in [-0.4, -0.2) is 42.4 Å². The fraction of sp³-hybridized carbons (Fsp3) is 0.357. The summed E-state index contributed by atoms with van der Waals surface area (Å²) in [5, 5.41) is 9.40. The number of morpholine rings is 1. The number of nitrogens with zero attached hydrogens (tertiary/aromatic N) is 3. The van der Waals surface area contributed by atoms with Crippen LogP contribution >= 0.6 is 23.1 Å². The minimum absolute atomic E-state index is 0.405. The second-order valence-electron chi connectivity index (χ2n) is 4.80. The number of thioether (sulfide) groups is 1. The lowest BCUT2D eigenvalue weighted by atomic mass is 10.1. The number of aromatic nitrogens is 2. The number of carbonyl (C=O) groups is 1. The van der Waals surface area contributed by atoms with Crippen molar-refractivity contribution in [3.63, 3.8) is 0 Å². The number of benzene rings is 1. The number of anilines is 1. The summed E-state index contributed by atoms with van der Waals surface area (Å²) in [6, 6.07) is 7.36. The Hall–Kier alpha value is -1.64. The Morgan fingerprint density at radius 3 is 2.95 bits per heavy atom. The molecule has 1 aliphatic rings. The van der Waals surface area contributed by atoms with E-state index in [0.717, 1.165) is 47.1 Å². The molecule has 1 aromatic heterocycles. The van der Waals surface area contributed by atoms with Gasteiger partial charge in [0.05, 0.1) is 13.2 Å². The molecular weight excluding hydrogens is 320 g/mol. The molecule has 1 amide bonds. The van der Waals surface area contributed by atoms with E-state index in [4.69, 9.17) is 10.5 Å². The van der Waals surface area contributed by atoms with Gasteiger partial charge >= 0.3 is 0 Å². The largest absolute Gasteiger partial charge is 0.378 e. The van der Waals surface area contributed by atoms with E-state index in [0.29, 0.717) is 5.56 Å². The molecule has 2 N–H and O–H groups in total. The highest BCUT2D eigenvalue weighted by Crippen LogP contribution is 2.30. The fourth-order valence-electron chi connectivity index (χ4n) is 2.10. The molecule has 1 aromatic carbocycles. The van der Waals surface area contributed by atoms with Gasteiger partial charge in [-0.25, -0.2) is 0 Å². The maximum Gasteiger partial charge on any atom is 0.248 e. The molecule has 22 heavy (non-hydrogen) atoms. The lowest BCUT2D eigenvalue weighted by Crippen LogP contribution is -2.36. The van der Waals surface area contributed by atoms with E-state index in [1.165, 1.54) is 0 Å². The third kappa shape index (κ3) is 3.76. The molecule has 0 saturated carbocycles. The van der Waals surface area contributed by atoms with E-state index in [1.54, 1.807) is 29.2 Å². The van der Waals surface area contributed by atoms with Crippen LogP contribution in [-0.2, 0) is 10.5 Å². The lowest BCUT2D eigenvalue weighted by molar-refractivity contribution is 0.1000.